The van der Waals surface area contributed by atoms with Gasteiger partial charge in [-0.25, -0.2) is 4.79 Å². The number of nitrogens with zero attached hydrogens (tertiary/aromatic N) is 2. The zero-order valence-electron chi connectivity index (χ0n) is 10.5. The van der Waals surface area contributed by atoms with Gasteiger partial charge >= 0.3 is 5.97 Å². The second-order valence-corrected chi connectivity index (χ2v) is 5.35. The summed E-state index contributed by atoms with van der Waals surface area (Å²) < 4.78 is 4.73. The van der Waals surface area contributed by atoms with Gasteiger partial charge in [-0.15, -0.1) is 11.3 Å². The molecule has 1 fully saturated rings. The summed E-state index contributed by atoms with van der Waals surface area (Å²) in [7, 11) is 1.29. The molecular weight excluding hydrogens is 266 g/mol. The van der Waals surface area contributed by atoms with Gasteiger partial charge in [0.05, 0.1) is 18.9 Å². The Hall–Kier alpha value is -1.78. The van der Waals surface area contributed by atoms with Gasteiger partial charge in [0.25, 0.3) is 0 Å². The molecule has 3 N–H and O–H groups in total. The van der Waals surface area contributed by atoms with Gasteiger partial charge in [0.1, 0.15) is 21.5 Å². The minimum Gasteiger partial charge on any atom is -0.465 e. The third kappa shape index (κ3) is 2.50. The van der Waals surface area contributed by atoms with E-state index in [0.29, 0.717) is 35.8 Å². The van der Waals surface area contributed by atoms with Crippen molar-refractivity contribution in [2.45, 2.75) is 18.9 Å². The zero-order valence-corrected chi connectivity index (χ0v) is 11.4. The summed E-state index contributed by atoms with van der Waals surface area (Å²) in [6, 6.07) is 1.99. The van der Waals surface area contributed by atoms with E-state index in [4.69, 9.17) is 15.7 Å². The molecule has 1 saturated heterocycles. The number of carbonyl (C=O) groups excluding carboxylic acids is 1. The Balaban J connectivity index is 2.39. The summed E-state index contributed by atoms with van der Waals surface area (Å²) in [4.78, 5) is 14.1. The fourth-order valence-corrected chi connectivity index (χ4v) is 3.16. The van der Waals surface area contributed by atoms with Crippen molar-refractivity contribution >= 4 is 28.0 Å². The van der Waals surface area contributed by atoms with Crippen molar-refractivity contribution in [1.82, 2.24) is 0 Å². The Morgan fingerprint density at radius 1 is 1.58 bits per heavy atom. The predicted octanol–water partition coefficient (Wildman–Crippen LogP) is 0.950. The average molecular weight is 281 g/mol. The number of nitrogen functional groups attached to an aromatic ring is 1. The first-order valence-corrected chi connectivity index (χ1v) is 6.73. The summed E-state index contributed by atoms with van der Waals surface area (Å²) in [5.74, 6) is -0.531. The van der Waals surface area contributed by atoms with E-state index in [2.05, 4.69) is 0 Å². The topological polar surface area (TPSA) is 99.6 Å². The molecule has 0 bridgehead atoms. The summed E-state index contributed by atoms with van der Waals surface area (Å²) >= 11 is 1.19. The number of ether oxygens (including phenoxy) is 1. The molecule has 1 aromatic heterocycles. The van der Waals surface area contributed by atoms with Crippen molar-refractivity contribution in [3.8, 4) is 6.07 Å². The Bertz CT molecular complexity index is 527. The summed E-state index contributed by atoms with van der Waals surface area (Å²) in [5.41, 5.74) is 6.28. The molecule has 0 atom stereocenters. The number of methoxy groups -OCH3 is 1. The van der Waals surface area contributed by atoms with Crippen LogP contribution >= 0.6 is 11.3 Å². The van der Waals surface area contributed by atoms with Crippen LogP contribution in [-0.4, -0.2) is 37.4 Å². The lowest BCUT2D eigenvalue weighted by molar-refractivity contribution is 0.0603. The van der Waals surface area contributed by atoms with Crippen molar-refractivity contribution in [3.05, 3.63) is 10.4 Å². The molecule has 1 aromatic rings. The Kier molecular flexibility index (Phi) is 3.93. The minimum absolute atomic E-state index is 0.181. The summed E-state index contributed by atoms with van der Waals surface area (Å²) in [6.45, 7) is 1.27. The van der Waals surface area contributed by atoms with Crippen LogP contribution in [0.25, 0.3) is 0 Å². The maximum Gasteiger partial charge on any atom is 0.343 e. The van der Waals surface area contributed by atoms with E-state index in [1.165, 1.54) is 18.4 Å². The SMILES string of the molecule is COC(=O)c1c(N2CCC(O)CC2)sc(C#N)c1N. The molecule has 0 aliphatic carbocycles. The number of esters is 1. The Morgan fingerprint density at radius 3 is 2.74 bits per heavy atom. The van der Waals surface area contributed by atoms with E-state index in [1.807, 2.05) is 11.0 Å². The smallest absolute Gasteiger partial charge is 0.343 e. The average Bonchev–Trinajstić information content (AvgIpc) is 2.75. The number of anilines is 2. The van der Waals surface area contributed by atoms with Crippen molar-refractivity contribution in [2.75, 3.05) is 30.8 Å². The standard InChI is InChI=1S/C12H15N3O3S/c1-18-12(17)9-10(14)8(6-13)19-11(9)15-4-2-7(16)3-5-15/h7,16H,2-5,14H2,1H3. The molecule has 2 rings (SSSR count). The van der Waals surface area contributed by atoms with Crippen LogP contribution in [0.2, 0.25) is 0 Å². The van der Waals surface area contributed by atoms with E-state index < -0.39 is 5.97 Å². The maximum absolute atomic E-state index is 11.8. The fourth-order valence-electron chi connectivity index (χ4n) is 2.11. The van der Waals surface area contributed by atoms with Crippen LogP contribution in [-0.2, 0) is 4.74 Å². The number of carbonyl (C=O) groups is 1. The third-order valence-corrected chi connectivity index (χ3v) is 4.34. The third-order valence-electron chi connectivity index (χ3n) is 3.17. The van der Waals surface area contributed by atoms with Crippen LogP contribution in [0.3, 0.4) is 0 Å². The van der Waals surface area contributed by atoms with Crippen molar-refractivity contribution < 1.29 is 14.6 Å². The lowest BCUT2D eigenvalue weighted by atomic mass is 10.1. The van der Waals surface area contributed by atoms with E-state index in [1.54, 1.807) is 0 Å². The first-order valence-electron chi connectivity index (χ1n) is 5.92. The molecule has 0 radical (unpaired) electrons. The fraction of sp³-hybridized carbons (Fsp3) is 0.500. The molecule has 6 nitrogen and oxygen atoms in total. The number of hydrogen-bond acceptors (Lipinski definition) is 7. The van der Waals surface area contributed by atoms with Gasteiger partial charge in [0.15, 0.2) is 0 Å². The second kappa shape index (κ2) is 5.47. The molecular formula is C12H15N3O3S. The van der Waals surface area contributed by atoms with Gasteiger partial charge in [-0.05, 0) is 12.8 Å². The van der Waals surface area contributed by atoms with Crippen LogP contribution in [0.5, 0.6) is 0 Å². The van der Waals surface area contributed by atoms with E-state index in [0.717, 1.165) is 0 Å². The van der Waals surface area contributed by atoms with Crippen LogP contribution in [0.1, 0.15) is 28.1 Å². The van der Waals surface area contributed by atoms with Crippen LogP contribution in [0, 0.1) is 11.3 Å². The first-order chi connectivity index (χ1) is 9.08. The number of piperidine rings is 1. The molecule has 0 spiro atoms. The van der Waals surface area contributed by atoms with Crippen LogP contribution in [0.4, 0.5) is 10.7 Å². The van der Waals surface area contributed by atoms with Crippen molar-refractivity contribution in [3.63, 3.8) is 0 Å². The van der Waals surface area contributed by atoms with Crippen molar-refractivity contribution in [2.24, 2.45) is 0 Å². The highest BCUT2D eigenvalue weighted by Crippen LogP contribution is 2.39. The lowest BCUT2D eigenvalue weighted by Gasteiger charge is -2.30. The monoisotopic (exact) mass is 281 g/mol. The highest BCUT2D eigenvalue weighted by Gasteiger charge is 2.28. The molecule has 1 aliphatic heterocycles. The van der Waals surface area contributed by atoms with Gasteiger partial charge in [-0.1, -0.05) is 0 Å². The molecule has 0 saturated carbocycles. The van der Waals surface area contributed by atoms with Gasteiger partial charge in [-0.3, -0.25) is 0 Å². The normalized spacial score (nSPS) is 16.2. The minimum atomic E-state index is -0.531. The molecule has 0 amide bonds. The molecule has 102 valence electrons. The molecule has 0 unspecified atom stereocenters. The highest BCUT2D eigenvalue weighted by atomic mass is 32.1. The summed E-state index contributed by atoms with van der Waals surface area (Å²) in [6.07, 6.45) is 0.978. The first kappa shape index (κ1) is 13.6. The molecule has 7 heteroatoms. The van der Waals surface area contributed by atoms with Crippen molar-refractivity contribution in [1.29, 1.82) is 5.26 Å². The van der Waals surface area contributed by atoms with Crippen LogP contribution in [0.15, 0.2) is 0 Å². The second-order valence-electron chi connectivity index (χ2n) is 4.35. The number of aliphatic hydroxyl groups excluding tert-OH is 1. The molecule has 1 aliphatic rings. The number of nitrogens with two attached hydrogens (primary N) is 1. The lowest BCUT2D eigenvalue weighted by Crippen LogP contribution is -2.36. The Morgan fingerprint density at radius 2 is 2.21 bits per heavy atom. The maximum atomic E-state index is 11.8. The number of hydrogen-bond donors (Lipinski definition) is 2. The quantitative estimate of drug-likeness (QED) is 0.783. The van der Waals surface area contributed by atoms with Gasteiger partial charge in [0.2, 0.25) is 0 Å². The van der Waals surface area contributed by atoms with Gasteiger partial charge in [-0.2, -0.15) is 5.26 Å². The van der Waals surface area contributed by atoms with Gasteiger partial charge in [0, 0.05) is 13.1 Å². The molecule has 19 heavy (non-hydrogen) atoms. The number of aliphatic hydroxyl groups is 1. The summed E-state index contributed by atoms with van der Waals surface area (Å²) in [5, 5.41) is 19.2. The highest BCUT2D eigenvalue weighted by molar-refractivity contribution is 7.17. The number of thiophene rings is 1. The van der Waals surface area contributed by atoms with Gasteiger partial charge < -0.3 is 20.5 Å². The Labute approximate surface area is 115 Å². The largest absolute Gasteiger partial charge is 0.465 e. The number of nitriles is 1. The predicted molar refractivity (Wildman–Crippen MR) is 72.2 cm³/mol. The molecule has 2 heterocycles. The number of rotatable bonds is 2. The van der Waals surface area contributed by atoms with E-state index in [9.17, 15) is 9.90 Å². The van der Waals surface area contributed by atoms with Crippen LogP contribution < -0.4 is 10.6 Å². The van der Waals surface area contributed by atoms with E-state index >= 15 is 0 Å². The zero-order chi connectivity index (χ0) is 14.0. The molecule has 0 aromatic carbocycles. The van der Waals surface area contributed by atoms with E-state index in [-0.39, 0.29) is 17.4 Å².